The second-order valence-corrected chi connectivity index (χ2v) is 3.95. The Bertz CT molecular complexity index is 390. The maximum absolute atomic E-state index is 12.7. The topological polar surface area (TPSA) is 12.5 Å². The van der Waals surface area contributed by atoms with E-state index in [4.69, 9.17) is 16.3 Å². The van der Waals surface area contributed by atoms with Crippen molar-refractivity contribution in [1.82, 2.24) is 4.90 Å². The molecule has 1 heterocycles. The highest BCUT2D eigenvalue weighted by atomic mass is 35.5. The number of rotatable bonds is 3. The lowest BCUT2D eigenvalue weighted by atomic mass is 10.1. The monoisotopic (exact) mass is 239 g/mol. The second kappa shape index (κ2) is 5.03. The number of benzene rings is 1. The first-order valence-corrected chi connectivity index (χ1v) is 5.33. The molecule has 0 aliphatic carbocycles. The molecule has 0 amide bonds. The molecule has 0 saturated carbocycles. The maximum atomic E-state index is 12.7. The van der Waals surface area contributed by atoms with Crippen molar-refractivity contribution in [2.24, 2.45) is 0 Å². The first kappa shape index (κ1) is 11.0. The molecule has 2 nitrogen and oxygen atoms in total. The summed E-state index contributed by atoms with van der Waals surface area (Å²) in [6, 6.07) is 6.22. The fourth-order valence-corrected chi connectivity index (χ4v) is 1.71. The van der Waals surface area contributed by atoms with Crippen LogP contribution in [0.3, 0.4) is 0 Å². The van der Waals surface area contributed by atoms with Gasteiger partial charge in [-0.1, -0.05) is 12.1 Å². The number of nitrogens with zero attached hydrogens (tertiary/aromatic N) is 1. The van der Waals surface area contributed by atoms with Crippen LogP contribution in [-0.2, 0) is 4.74 Å². The van der Waals surface area contributed by atoms with Crippen molar-refractivity contribution < 1.29 is 9.13 Å². The fourth-order valence-electron chi connectivity index (χ4n) is 1.41. The van der Waals surface area contributed by atoms with E-state index >= 15 is 0 Å². The molecule has 84 valence electrons. The van der Waals surface area contributed by atoms with Crippen LogP contribution in [0, 0.1) is 5.82 Å². The minimum absolute atomic E-state index is 0.187. The zero-order chi connectivity index (χ0) is 11.4. The summed E-state index contributed by atoms with van der Waals surface area (Å²) < 4.78 is 17.6. The summed E-state index contributed by atoms with van der Waals surface area (Å²) in [5.74, 6) is -0.251. The molecule has 1 aliphatic rings. The van der Waals surface area contributed by atoms with Gasteiger partial charge in [-0.3, -0.25) is 0 Å². The van der Waals surface area contributed by atoms with Gasteiger partial charge in [-0.2, -0.15) is 0 Å². The van der Waals surface area contributed by atoms with Gasteiger partial charge in [-0.25, -0.2) is 4.39 Å². The predicted octanol–water partition coefficient (Wildman–Crippen LogP) is 3.38. The molecule has 0 saturated heterocycles. The summed E-state index contributed by atoms with van der Waals surface area (Å²) in [6.07, 6.45) is 6.74. The molecule has 2 rings (SSSR count). The van der Waals surface area contributed by atoms with Crippen LogP contribution in [0.4, 0.5) is 4.39 Å². The molecule has 1 aromatic rings. The Labute approximate surface area is 98.6 Å². The van der Waals surface area contributed by atoms with Crippen LogP contribution >= 0.6 is 11.6 Å². The van der Waals surface area contributed by atoms with Gasteiger partial charge in [-0.15, -0.1) is 11.6 Å². The van der Waals surface area contributed by atoms with Gasteiger partial charge in [0.1, 0.15) is 18.3 Å². The van der Waals surface area contributed by atoms with Crippen molar-refractivity contribution in [2.45, 2.75) is 5.38 Å². The summed E-state index contributed by atoms with van der Waals surface area (Å²) in [5, 5.41) is -0.187. The normalized spacial score (nSPS) is 16.0. The van der Waals surface area contributed by atoms with Gasteiger partial charge >= 0.3 is 0 Å². The summed E-state index contributed by atoms with van der Waals surface area (Å²) in [6.45, 7) is 0.615. The van der Waals surface area contributed by atoms with Gasteiger partial charge in [0.05, 0.1) is 5.38 Å². The fraction of sp³-hybridized carbons (Fsp3) is 0.167. The number of alkyl halides is 1. The van der Waals surface area contributed by atoms with Crippen molar-refractivity contribution in [2.75, 3.05) is 6.54 Å². The van der Waals surface area contributed by atoms with Gasteiger partial charge in [0.2, 0.25) is 0 Å². The van der Waals surface area contributed by atoms with E-state index in [1.807, 2.05) is 4.90 Å². The van der Waals surface area contributed by atoms with E-state index in [1.54, 1.807) is 37.1 Å². The van der Waals surface area contributed by atoms with Crippen LogP contribution in [0.15, 0.2) is 49.2 Å². The first-order valence-electron chi connectivity index (χ1n) is 4.90. The van der Waals surface area contributed by atoms with E-state index in [0.717, 1.165) is 5.56 Å². The van der Waals surface area contributed by atoms with Crippen LogP contribution < -0.4 is 0 Å². The Kier molecular flexibility index (Phi) is 3.47. The molecule has 0 bridgehead atoms. The zero-order valence-corrected chi connectivity index (χ0v) is 9.27. The molecule has 1 aromatic carbocycles. The largest absolute Gasteiger partial charge is 0.470 e. The Hall–Kier alpha value is -1.48. The van der Waals surface area contributed by atoms with Gasteiger partial charge in [0.25, 0.3) is 0 Å². The van der Waals surface area contributed by atoms with Crippen LogP contribution in [0.5, 0.6) is 0 Å². The lowest BCUT2D eigenvalue weighted by Gasteiger charge is -2.20. The summed E-state index contributed by atoms with van der Waals surface area (Å²) >= 11 is 6.22. The van der Waals surface area contributed by atoms with Crippen molar-refractivity contribution in [3.8, 4) is 0 Å². The van der Waals surface area contributed by atoms with Crippen LogP contribution in [0.25, 0.3) is 0 Å². The van der Waals surface area contributed by atoms with Gasteiger partial charge in [-0.05, 0) is 17.7 Å². The number of hydrogen-bond acceptors (Lipinski definition) is 2. The van der Waals surface area contributed by atoms with E-state index in [1.165, 1.54) is 12.1 Å². The minimum Gasteiger partial charge on any atom is -0.470 e. The van der Waals surface area contributed by atoms with Crippen molar-refractivity contribution in [3.63, 3.8) is 0 Å². The SMILES string of the molecule is Fc1ccc(C(Cl)CN2C=COC=C2)cc1. The van der Waals surface area contributed by atoms with E-state index < -0.39 is 0 Å². The lowest BCUT2D eigenvalue weighted by Crippen LogP contribution is -2.17. The van der Waals surface area contributed by atoms with E-state index in [-0.39, 0.29) is 11.2 Å². The zero-order valence-electron chi connectivity index (χ0n) is 8.51. The summed E-state index contributed by atoms with van der Waals surface area (Å²) in [5.41, 5.74) is 0.899. The van der Waals surface area contributed by atoms with Gasteiger partial charge in [0, 0.05) is 18.9 Å². The molecule has 0 spiro atoms. The van der Waals surface area contributed by atoms with Crippen LogP contribution in [-0.4, -0.2) is 11.4 Å². The lowest BCUT2D eigenvalue weighted by molar-refractivity contribution is 0.344. The van der Waals surface area contributed by atoms with Crippen LogP contribution in [0.2, 0.25) is 0 Å². The van der Waals surface area contributed by atoms with Crippen molar-refractivity contribution in [1.29, 1.82) is 0 Å². The van der Waals surface area contributed by atoms with E-state index in [0.29, 0.717) is 6.54 Å². The quantitative estimate of drug-likeness (QED) is 0.750. The minimum atomic E-state index is -0.251. The third kappa shape index (κ3) is 2.76. The molecule has 1 unspecified atom stereocenters. The van der Waals surface area contributed by atoms with Gasteiger partial charge in [0.15, 0.2) is 0 Å². The number of halogens is 2. The van der Waals surface area contributed by atoms with Crippen molar-refractivity contribution in [3.05, 3.63) is 60.6 Å². The second-order valence-electron chi connectivity index (χ2n) is 3.42. The molecular weight excluding hydrogens is 229 g/mol. The molecule has 1 atom stereocenters. The third-order valence-corrected chi connectivity index (χ3v) is 2.65. The Balaban J connectivity index is 1.99. The summed E-state index contributed by atoms with van der Waals surface area (Å²) in [4.78, 5) is 1.91. The Morgan fingerprint density at radius 2 is 1.81 bits per heavy atom. The third-order valence-electron chi connectivity index (χ3n) is 2.26. The molecular formula is C12H11ClFNO. The smallest absolute Gasteiger partial charge is 0.123 e. The molecule has 4 heteroatoms. The van der Waals surface area contributed by atoms with E-state index in [2.05, 4.69) is 0 Å². The average molecular weight is 240 g/mol. The number of ether oxygens (including phenoxy) is 1. The highest BCUT2D eigenvalue weighted by molar-refractivity contribution is 6.21. The molecule has 0 radical (unpaired) electrons. The standard InChI is InChI=1S/C12H11ClFNO/c13-12(9-15-5-7-16-8-6-15)10-1-3-11(14)4-2-10/h1-8,12H,9H2. The van der Waals surface area contributed by atoms with E-state index in [9.17, 15) is 4.39 Å². The van der Waals surface area contributed by atoms with Crippen molar-refractivity contribution >= 4 is 11.6 Å². The summed E-state index contributed by atoms with van der Waals surface area (Å²) in [7, 11) is 0. The predicted molar refractivity (Wildman–Crippen MR) is 61.1 cm³/mol. The molecule has 0 aromatic heterocycles. The number of hydrogen-bond donors (Lipinski definition) is 0. The average Bonchev–Trinajstić information content (AvgIpc) is 2.31. The molecule has 1 aliphatic heterocycles. The first-order chi connectivity index (χ1) is 7.75. The molecule has 16 heavy (non-hydrogen) atoms. The molecule has 0 N–H and O–H groups in total. The molecule has 0 fully saturated rings. The highest BCUT2D eigenvalue weighted by Crippen LogP contribution is 2.22. The highest BCUT2D eigenvalue weighted by Gasteiger charge is 2.11. The Morgan fingerprint density at radius 3 is 2.44 bits per heavy atom. The maximum Gasteiger partial charge on any atom is 0.123 e. The van der Waals surface area contributed by atoms with Gasteiger partial charge < -0.3 is 9.64 Å². The Morgan fingerprint density at radius 1 is 1.19 bits per heavy atom. The van der Waals surface area contributed by atoms with Crippen LogP contribution in [0.1, 0.15) is 10.9 Å².